The number of carbonyl (C=O) groups excluding carboxylic acids is 3. The summed E-state index contributed by atoms with van der Waals surface area (Å²) < 4.78 is 56.3. The van der Waals surface area contributed by atoms with Crippen LogP contribution in [-0.4, -0.2) is 82.7 Å². The molecule has 200 valence electrons. The lowest BCUT2D eigenvalue weighted by Gasteiger charge is -2.43. The van der Waals surface area contributed by atoms with Crippen molar-refractivity contribution in [3.63, 3.8) is 0 Å². The standard InChI is InChI=1S/C20H22Br3F4N5O4/c1-11(33)29-16(19(21,22)23)31-6-4-30(5-7-31)15-3-2-12(8-14(15)24)32-10-13(36-18(32)35)9-28-17(34)20(25,26)27/h2-3,8,13,16H,4-7,9-10H2,1H3,(H,28,34)(H,29,33)/t13-,16?/m0/s1. The summed E-state index contributed by atoms with van der Waals surface area (Å²) in [6.07, 6.45) is -7.33. The first kappa shape index (κ1) is 28.9. The number of ether oxygens (including phenoxy) is 1. The Morgan fingerprint density at radius 2 is 1.81 bits per heavy atom. The molecule has 3 rings (SSSR count). The van der Waals surface area contributed by atoms with E-state index in [1.807, 2.05) is 9.80 Å². The molecular formula is C20H22Br3F4N5O4. The Labute approximate surface area is 229 Å². The molecule has 0 spiro atoms. The number of piperazine rings is 1. The van der Waals surface area contributed by atoms with Crippen LogP contribution in [0.2, 0.25) is 0 Å². The third-order valence-corrected chi connectivity index (χ3v) is 6.84. The van der Waals surface area contributed by atoms with Gasteiger partial charge in [0.1, 0.15) is 18.1 Å². The van der Waals surface area contributed by atoms with Gasteiger partial charge in [-0.1, -0.05) is 47.8 Å². The third kappa shape index (κ3) is 7.22. The van der Waals surface area contributed by atoms with Gasteiger partial charge in [-0.3, -0.25) is 19.4 Å². The van der Waals surface area contributed by atoms with Crippen molar-refractivity contribution in [3.05, 3.63) is 24.0 Å². The quantitative estimate of drug-likeness (QED) is 0.348. The van der Waals surface area contributed by atoms with Crippen LogP contribution in [0.5, 0.6) is 0 Å². The highest BCUT2D eigenvalue weighted by Crippen LogP contribution is 2.39. The molecule has 2 aliphatic rings. The monoisotopic (exact) mass is 709 g/mol. The second-order valence-corrected chi connectivity index (χ2v) is 15.1. The predicted molar refractivity (Wildman–Crippen MR) is 134 cm³/mol. The van der Waals surface area contributed by atoms with Gasteiger partial charge in [0, 0.05) is 33.1 Å². The fourth-order valence-corrected chi connectivity index (χ4v) is 5.07. The van der Waals surface area contributed by atoms with Crippen LogP contribution in [0.4, 0.5) is 33.7 Å². The second kappa shape index (κ2) is 11.4. The Balaban J connectivity index is 1.61. The average Bonchev–Trinajstić information content (AvgIpc) is 3.15. The van der Waals surface area contributed by atoms with E-state index in [1.54, 1.807) is 5.32 Å². The van der Waals surface area contributed by atoms with Crippen LogP contribution in [0.25, 0.3) is 0 Å². The fraction of sp³-hybridized carbons (Fsp3) is 0.550. The van der Waals surface area contributed by atoms with E-state index in [-0.39, 0.29) is 18.1 Å². The number of anilines is 2. The molecule has 36 heavy (non-hydrogen) atoms. The lowest BCUT2D eigenvalue weighted by atomic mass is 10.2. The summed E-state index contributed by atoms with van der Waals surface area (Å²) in [5, 5.41) is 4.52. The van der Waals surface area contributed by atoms with Gasteiger partial charge >= 0.3 is 18.2 Å². The molecule has 0 aromatic heterocycles. The van der Waals surface area contributed by atoms with Gasteiger partial charge in [-0.25, -0.2) is 9.18 Å². The summed E-state index contributed by atoms with van der Waals surface area (Å²) in [4.78, 5) is 39.7. The zero-order valence-electron chi connectivity index (χ0n) is 18.7. The molecule has 2 fully saturated rings. The average molecular weight is 712 g/mol. The molecule has 3 amide bonds. The number of benzene rings is 1. The van der Waals surface area contributed by atoms with E-state index in [4.69, 9.17) is 4.74 Å². The Kier molecular flexibility index (Phi) is 9.15. The third-order valence-electron chi connectivity index (χ3n) is 5.53. The number of hydrogen-bond donors (Lipinski definition) is 2. The molecule has 1 unspecified atom stereocenters. The van der Waals surface area contributed by atoms with Crippen molar-refractivity contribution in [2.45, 2.75) is 27.5 Å². The van der Waals surface area contributed by atoms with Gasteiger partial charge < -0.3 is 20.3 Å². The van der Waals surface area contributed by atoms with Crippen LogP contribution in [0, 0.1) is 5.82 Å². The largest absolute Gasteiger partial charge is 0.471 e. The van der Waals surface area contributed by atoms with E-state index in [1.165, 1.54) is 19.1 Å². The van der Waals surface area contributed by atoms with E-state index < -0.39 is 45.0 Å². The summed E-state index contributed by atoms with van der Waals surface area (Å²) in [5.74, 6) is -2.93. The first-order valence-electron chi connectivity index (χ1n) is 10.6. The number of nitrogens with one attached hydrogen (secondary N) is 2. The zero-order chi connectivity index (χ0) is 26.8. The van der Waals surface area contributed by atoms with Crippen molar-refractivity contribution in [3.8, 4) is 0 Å². The fourth-order valence-electron chi connectivity index (χ4n) is 3.86. The van der Waals surface area contributed by atoms with Gasteiger partial charge in [0.2, 0.25) is 5.91 Å². The molecule has 0 aliphatic carbocycles. The van der Waals surface area contributed by atoms with Crippen molar-refractivity contribution < 1.29 is 36.7 Å². The molecule has 2 saturated heterocycles. The molecule has 2 atom stereocenters. The first-order chi connectivity index (χ1) is 16.7. The Hall–Kier alpha value is -1.65. The lowest BCUT2D eigenvalue weighted by Crippen LogP contribution is -2.60. The number of amides is 3. The van der Waals surface area contributed by atoms with E-state index in [0.717, 1.165) is 11.0 Å². The molecule has 2 N–H and O–H groups in total. The summed E-state index contributed by atoms with van der Waals surface area (Å²) in [6, 6.07) is 4.19. The van der Waals surface area contributed by atoms with E-state index in [0.29, 0.717) is 31.9 Å². The number of rotatable bonds is 6. The molecular weight excluding hydrogens is 690 g/mol. The maximum absolute atomic E-state index is 15.0. The van der Waals surface area contributed by atoms with Crippen molar-refractivity contribution in [2.75, 3.05) is 49.1 Å². The van der Waals surface area contributed by atoms with Crippen LogP contribution in [0.15, 0.2) is 18.2 Å². The van der Waals surface area contributed by atoms with Crippen LogP contribution in [0.3, 0.4) is 0 Å². The maximum Gasteiger partial charge on any atom is 0.471 e. The van der Waals surface area contributed by atoms with Gasteiger partial charge in [-0.2, -0.15) is 13.2 Å². The zero-order valence-corrected chi connectivity index (χ0v) is 23.5. The van der Waals surface area contributed by atoms with Gasteiger partial charge in [0.15, 0.2) is 2.14 Å². The molecule has 0 saturated carbocycles. The van der Waals surface area contributed by atoms with Gasteiger partial charge in [-0.15, -0.1) is 0 Å². The van der Waals surface area contributed by atoms with Crippen molar-refractivity contribution in [2.24, 2.45) is 0 Å². The van der Waals surface area contributed by atoms with Crippen LogP contribution in [0.1, 0.15) is 6.92 Å². The summed E-state index contributed by atoms with van der Waals surface area (Å²) in [5.41, 5.74) is 0.497. The minimum absolute atomic E-state index is 0.146. The number of hydrogen-bond acceptors (Lipinski definition) is 6. The SMILES string of the molecule is CC(=O)NC(N1CCN(c2ccc(N3C[C@H](CNC(=O)C(F)(F)F)OC3=O)cc2F)CC1)C(Br)(Br)Br. The molecule has 1 aromatic rings. The molecule has 1 aromatic carbocycles. The van der Waals surface area contributed by atoms with Crippen molar-refractivity contribution in [1.82, 2.24) is 15.5 Å². The molecule has 0 bridgehead atoms. The number of carbonyl (C=O) groups is 3. The van der Waals surface area contributed by atoms with Crippen LogP contribution >= 0.6 is 47.8 Å². The highest BCUT2D eigenvalue weighted by atomic mass is 80.0. The van der Waals surface area contributed by atoms with Crippen molar-refractivity contribution >= 4 is 77.1 Å². The predicted octanol–water partition coefficient (Wildman–Crippen LogP) is 3.25. The Morgan fingerprint density at radius 1 is 1.17 bits per heavy atom. The van der Waals surface area contributed by atoms with Crippen LogP contribution < -0.4 is 20.4 Å². The number of nitrogens with zero attached hydrogens (tertiary/aromatic N) is 3. The molecule has 16 heteroatoms. The Morgan fingerprint density at radius 3 is 2.33 bits per heavy atom. The van der Waals surface area contributed by atoms with E-state index in [2.05, 4.69) is 53.1 Å². The lowest BCUT2D eigenvalue weighted by molar-refractivity contribution is -0.173. The minimum Gasteiger partial charge on any atom is -0.442 e. The van der Waals surface area contributed by atoms with Crippen LogP contribution in [-0.2, 0) is 14.3 Å². The van der Waals surface area contributed by atoms with Gasteiger partial charge in [0.05, 0.1) is 24.5 Å². The first-order valence-corrected chi connectivity index (χ1v) is 13.0. The summed E-state index contributed by atoms with van der Waals surface area (Å²) >= 11 is 10.3. The summed E-state index contributed by atoms with van der Waals surface area (Å²) in [7, 11) is 0. The summed E-state index contributed by atoms with van der Waals surface area (Å²) in [6.45, 7) is 2.69. The topological polar surface area (TPSA) is 94.2 Å². The normalized spacial score (nSPS) is 20.2. The smallest absolute Gasteiger partial charge is 0.442 e. The minimum atomic E-state index is -5.04. The molecule has 0 radical (unpaired) electrons. The van der Waals surface area contributed by atoms with E-state index >= 15 is 4.39 Å². The number of halogens is 7. The maximum atomic E-state index is 15.0. The Bertz CT molecular complexity index is 1000. The molecule has 9 nitrogen and oxygen atoms in total. The highest BCUT2D eigenvalue weighted by Gasteiger charge is 2.41. The van der Waals surface area contributed by atoms with Gasteiger partial charge in [-0.05, 0) is 18.2 Å². The number of cyclic esters (lactones) is 1. The van der Waals surface area contributed by atoms with Gasteiger partial charge in [0.25, 0.3) is 0 Å². The molecule has 2 aliphatic heterocycles. The second-order valence-electron chi connectivity index (χ2n) is 8.13. The highest BCUT2D eigenvalue weighted by molar-refractivity contribution is 9.39. The van der Waals surface area contributed by atoms with E-state index in [9.17, 15) is 27.6 Å². The molecule has 2 heterocycles. The van der Waals surface area contributed by atoms with Crippen molar-refractivity contribution in [1.29, 1.82) is 0 Å². The number of alkyl halides is 6.